The molecule has 190 valence electrons. The second-order valence-electron chi connectivity index (χ2n) is 7.34. The van der Waals surface area contributed by atoms with Crippen molar-refractivity contribution >= 4 is 61.2 Å². The predicted molar refractivity (Wildman–Crippen MR) is 124 cm³/mol. The van der Waals surface area contributed by atoms with E-state index in [-0.39, 0.29) is 16.7 Å². The van der Waals surface area contributed by atoms with Crippen molar-refractivity contribution in [2.45, 2.75) is 24.5 Å². The van der Waals surface area contributed by atoms with Crippen LogP contribution in [0.3, 0.4) is 0 Å². The molecule has 0 spiro atoms. The van der Waals surface area contributed by atoms with Crippen molar-refractivity contribution < 1.29 is 43.3 Å². The van der Waals surface area contributed by atoms with Crippen molar-refractivity contribution in [1.82, 2.24) is 19.7 Å². The van der Waals surface area contributed by atoms with Gasteiger partial charge >= 0.3 is 15.2 Å². The number of anilines is 1. The van der Waals surface area contributed by atoms with Crippen LogP contribution in [0, 0.1) is 0 Å². The van der Waals surface area contributed by atoms with E-state index in [4.69, 9.17) is 30.6 Å². The summed E-state index contributed by atoms with van der Waals surface area (Å²) in [6.45, 7) is -0.734. The Morgan fingerprint density at radius 3 is 2.74 bits per heavy atom. The molecule has 0 saturated carbocycles. The standard InChI is InChI=1S/C16H19ClN6O9P2S/c17-16-20-13(22-18-4-8-2-1-3-35-8)9-5-19-23(14(9)21-16)15-12(25)11(24)10(32-15)6-31-34(29,30)7-33(26,27)28/h1-5,10-12,15,24-25H,6-7H2,(H,29,30)(H,20,21,22)(H2,26,27,28)/b18-4+/t10-,11-,12-,15-/m1/s1. The van der Waals surface area contributed by atoms with Gasteiger partial charge < -0.3 is 34.2 Å². The number of rotatable bonds is 9. The third kappa shape index (κ3) is 6.31. The normalized spacial score (nSPS) is 24.9. The van der Waals surface area contributed by atoms with Crippen LogP contribution >= 0.6 is 38.1 Å². The zero-order chi connectivity index (χ0) is 25.4. The Morgan fingerprint density at radius 1 is 1.29 bits per heavy atom. The second-order valence-corrected chi connectivity index (χ2v) is 12.6. The first-order valence-corrected chi connectivity index (χ1v) is 14.5. The minimum Gasteiger partial charge on any atom is -0.387 e. The number of aliphatic hydroxyl groups is 2. The first kappa shape index (κ1) is 26.3. The predicted octanol–water partition coefficient (Wildman–Crippen LogP) is 0.944. The topological polar surface area (TPSA) is 222 Å². The molecule has 1 unspecified atom stereocenters. The van der Waals surface area contributed by atoms with Gasteiger partial charge in [0.25, 0.3) is 0 Å². The van der Waals surface area contributed by atoms with Gasteiger partial charge in [0.2, 0.25) is 5.28 Å². The summed E-state index contributed by atoms with van der Waals surface area (Å²) < 4.78 is 34.3. The zero-order valence-corrected chi connectivity index (χ0v) is 20.8. The monoisotopic (exact) mass is 568 g/mol. The molecule has 1 aliphatic rings. The van der Waals surface area contributed by atoms with Crippen LogP contribution in [-0.2, 0) is 18.4 Å². The second kappa shape index (κ2) is 10.3. The van der Waals surface area contributed by atoms with Gasteiger partial charge in [0, 0.05) is 4.88 Å². The van der Waals surface area contributed by atoms with E-state index in [2.05, 4.69) is 25.6 Å². The fourth-order valence-corrected chi connectivity index (χ4v) is 6.54. The maximum atomic E-state index is 11.9. The van der Waals surface area contributed by atoms with Crippen LogP contribution in [-0.4, -0.2) is 81.7 Å². The summed E-state index contributed by atoms with van der Waals surface area (Å²) in [5, 5.41) is 31.2. The molecule has 0 aromatic carbocycles. The van der Waals surface area contributed by atoms with Gasteiger partial charge in [-0.05, 0) is 23.0 Å². The Balaban J connectivity index is 1.52. The van der Waals surface area contributed by atoms with E-state index < -0.39 is 52.2 Å². The Morgan fingerprint density at radius 2 is 2.06 bits per heavy atom. The lowest BCUT2D eigenvalue weighted by atomic mass is 10.1. The van der Waals surface area contributed by atoms with Gasteiger partial charge in [0.05, 0.1) is 24.4 Å². The maximum Gasteiger partial charge on any atom is 0.340 e. The van der Waals surface area contributed by atoms with Crippen LogP contribution < -0.4 is 5.43 Å². The number of hydrazone groups is 1. The zero-order valence-electron chi connectivity index (χ0n) is 17.4. The summed E-state index contributed by atoms with van der Waals surface area (Å²) in [5.41, 5.74) is 2.88. The third-order valence-electron chi connectivity index (χ3n) is 4.71. The van der Waals surface area contributed by atoms with E-state index in [9.17, 15) is 24.2 Å². The number of nitrogens with zero attached hydrogens (tertiary/aromatic N) is 5. The van der Waals surface area contributed by atoms with E-state index >= 15 is 0 Å². The molecule has 3 aromatic heterocycles. The van der Waals surface area contributed by atoms with Gasteiger partial charge in [-0.2, -0.15) is 20.2 Å². The Labute approximate surface area is 205 Å². The summed E-state index contributed by atoms with van der Waals surface area (Å²) in [4.78, 5) is 36.5. The van der Waals surface area contributed by atoms with Crippen molar-refractivity contribution in [3.05, 3.63) is 33.9 Å². The molecule has 4 heterocycles. The van der Waals surface area contributed by atoms with Crippen LogP contribution in [0.4, 0.5) is 5.82 Å². The van der Waals surface area contributed by atoms with Crippen molar-refractivity contribution in [3.8, 4) is 0 Å². The van der Waals surface area contributed by atoms with E-state index in [0.717, 1.165) is 9.56 Å². The molecule has 5 atom stereocenters. The Kier molecular flexibility index (Phi) is 7.71. The van der Waals surface area contributed by atoms with Crippen molar-refractivity contribution in [1.29, 1.82) is 0 Å². The summed E-state index contributed by atoms with van der Waals surface area (Å²) in [6.07, 6.45) is -2.83. The fraction of sp³-hybridized carbons (Fsp3) is 0.375. The highest BCUT2D eigenvalue weighted by Gasteiger charge is 2.46. The number of aromatic nitrogens is 4. The minimum absolute atomic E-state index is 0.131. The molecule has 15 nitrogen and oxygen atoms in total. The number of aliphatic hydroxyl groups excluding tert-OH is 2. The van der Waals surface area contributed by atoms with Gasteiger partial charge in [-0.15, -0.1) is 11.3 Å². The lowest BCUT2D eigenvalue weighted by Gasteiger charge is -2.18. The number of hydrogen-bond donors (Lipinski definition) is 6. The number of hydrogen-bond acceptors (Lipinski definition) is 12. The van der Waals surface area contributed by atoms with Gasteiger partial charge in [0.15, 0.2) is 23.6 Å². The largest absolute Gasteiger partial charge is 0.387 e. The number of fused-ring (bicyclic) bond motifs is 1. The number of ether oxygens (including phenoxy) is 1. The summed E-state index contributed by atoms with van der Waals surface area (Å²) in [6, 6.07) is 3.73. The third-order valence-corrected chi connectivity index (χ3v) is 9.15. The lowest BCUT2D eigenvalue weighted by Crippen LogP contribution is -2.33. The van der Waals surface area contributed by atoms with Crippen molar-refractivity contribution in [2.24, 2.45) is 5.10 Å². The average Bonchev–Trinajstić information content (AvgIpc) is 3.46. The molecule has 19 heteroatoms. The highest BCUT2D eigenvalue weighted by molar-refractivity contribution is 7.70. The number of halogens is 1. The van der Waals surface area contributed by atoms with Crippen molar-refractivity contribution in [2.75, 3.05) is 17.9 Å². The molecule has 4 rings (SSSR count). The highest BCUT2D eigenvalue weighted by Crippen LogP contribution is 2.55. The molecule has 6 N–H and O–H groups in total. The van der Waals surface area contributed by atoms with E-state index in [1.165, 1.54) is 17.5 Å². The first-order chi connectivity index (χ1) is 16.4. The molecule has 3 aromatic rings. The van der Waals surface area contributed by atoms with E-state index in [0.29, 0.717) is 5.39 Å². The van der Waals surface area contributed by atoms with Crippen LogP contribution in [0.1, 0.15) is 11.1 Å². The van der Waals surface area contributed by atoms with Gasteiger partial charge in [0.1, 0.15) is 18.3 Å². The SMILES string of the molecule is O=P(O)(O)CP(=O)(O)OC[C@H]1O[C@@H](n2ncc3c(N/N=C/c4cccs4)nc(Cl)nc32)[C@H](O)[C@@H]1O. The summed E-state index contributed by atoms with van der Waals surface area (Å²) in [5.74, 6) is -1.19. The molecular formula is C16H19ClN6O9P2S. The number of thiophene rings is 1. The van der Waals surface area contributed by atoms with E-state index in [1.54, 1.807) is 6.21 Å². The maximum absolute atomic E-state index is 11.9. The highest BCUT2D eigenvalue weighted by atomic mass is 35.5. The quantitative estimate of drug-likeness (QED) is 0.0916. The molecular weight excluding hydrogens is 550 g/mol. The summed E-state index contributed by atoms with van der Waals surface area (Å²) >= 11 is 7.52. The van der Waals surface area contributed by atoms with Crippen LogP contribution in [0.15, 0.2) is 28.8 Å². The molecule has 1 saturated heterocycles. The number of nitrogens with one attached hydrogen (secondary N) is 1. The smallest absolute Gasteiger partial charge is 0.340 e. The van der Waals surface area contributed by atoms with Gasteiger partial charge in [-0.25, -0.2) is 4.68 Å². The first-order valence-electron chi connectivity index (χ1n) is 9.69. The summed E-state index contributed by atoms with van der Waals surface area (Å²) in [7, 11) is -9.53. The Hall–Kier alpha value is -1.81. The van der Waals surface area contributed by atoms with Crippen LogP contribution in [0.5, 0.6) is 0 Å². The van der Waals surface area contributed by atoms with Crippen molar-refractivity contribution in [3.63, 3.8) is 0 Å². The van der Waals surface area contributed by atoms with Gasteiger partial charge in [-0.3, -0.25) is 14.6 Å². The fourth-order valence-electron chi connectivity index (χ4n) is 3.22. The molecule has 0 amide bonds. The molecule has 0 aliphatic carbocycles. The molecule has 35 heavy (non-hydrogen) atoms. The molecule has 1 aliphatic heterocycles. The van der Waals surface area contributed by atoms with Crippen LogP contribution in [0.25, 0.3) is 11.0 Å². The molecule has 1 fully saturated rings. The van der Waals surface area contributed by atoms with Crippen LogP contribution in [0.2, 0.25) is 5.28 Å². The molecule has 0 radical (unpaired) electrons. The average molecular weight is 569 g/mol. The minimum atomic E-state index is -4.83. The Bertz CT molecular complexity index is 1320. The lowest BCUT2D eigenvalue weighted by molar-refractivity contribution is -0.0541. The van der Waals surface area contributed by atoms with E-state index in [1.807, 2.05) is 17.5 Å². The molecule has 0 bridgehead atoms. The van der Waals surface area contributed by atoms with Gasteiger partial charge in [-0.1, -0.05) is 6.07 Å².